The van der Waals surface area contributed by atoms with Crippen molar-refractivity contribution in [3.05, 3.63) is 37.3 Å². The van der Waals surface area contributed by atoms with E-state index in [-0.39, 0.29) is 0 Å². The summed E-state index contributed by atoms with van der Waals surface area (Å²) < 4.78 is 0. The Morgan fingerprint density at radius 2 is 2.00 bits per heavy atom. The van der Waals surface area contributed by atoms with Crippen LogP contribution in [-0.4, -0.2) is 6.54 Å². The second kappa shape index (κ2) is 4.81. The van der Waals surface area contributed by atoms with Crippen molar-refractivity contribution in [1.29, 1.82) is 0 Å². The van der Waals surface area contributed by atoms with Crippen LogP contribution in [0.15, 0.2) is 30.3 Å². The van der Waals surface area contributed by atoms with E-state index in [2.05, 4.69) is 31.3 Å². The minimum Gasteiger partial charge on any atom is -0.385 e. The summed E-state index contributed by atoms with van der Waals surface area (Å²) in [5.41, 5.74) is 1.19. The van der Waals surface area contributed by atoms with Crippen molar-refractivity contribution < 1.29 is 0 Å². The molecule has 0 amide bonds. The lowest BCUT2D eigenvalue weighted by Gasteiger charge is -2.10. The van der Waals surface area contributed by atoms with Crippen LogP contribution in [0.3, 0.4) is 0 Å². The molecule has 1 radical (unpaired) electrons. The zero-order valence-electron chi connectivity index (χ0n) is 7.59. The van der Waals surface area contributed by atoms with Crippen molar-refractivity contribution in [3.8, 4) is 0 Å². The van der Waals surface area contributed by atoms with Gasteiger partial charge in [-0.2, -0.15) is 0 Å². The molecular weight excluding hydrogens is 146 g/mol. The third kappa shape index (κ3) is 2.95. The average Bonchev–Trinajstić information content (AvgIpc) is 2.16. The first-order valence-corrected chi connectivity index (χ1v) is 4.41. The van der Waals surface area contributed by atoms with E-state index in [4.69, 9.17) is 0 Å². The van der Waals surface area contributed by atoms with E-state index in [1.165, 1.54) is 5.69 Å². The van der Waals surface area contributed by atoms with E-state index in [1.807, 2.05) is 18.2 Å². The molecule has 65 valence electrons. The zero-order valence-corrected chi connectivity index (χ0v) is 7.59. The number of anilines is 1. The van der Waals surface area contributed by atoms with Gasteiger partial charge in [0.25, 0.3) is 0 Å². The Labute approximate surface area is 74.8 Å². The molecule has 0 aliphatic rings. The Morgan fingerprint density at radius 3 is 2.58 bits per heavy atom. The highest BCUT2D eigenvalue weighted by atomic mass is 14.9. The first-order chi connectivity index (χ1) is 5.83. The van der Waals surface area contributed by atoms with E-state index < -0.39 is 0 Å². The number of hydrogen-bond donors (Lipinski definition) is 1. The average molecular weight is 162 g/mol. The highest BCUT2D eigenvalue weighted by Crippen LogP contribution is 2.07. The largest absolute Gasteiger partial charge is 0.385 e. The molecule has 0 fully saturated rings. The van der Waals surface area contributed by atoms with Gasteiger partial charge in [0.2, 0.25) is 0 Å². The van der Waals surface area contributed by atoms with Crippen molar-refractivity contribution in [1.82, 2.24) is 0 Å². The van der Waals surface area contributed by atoms with E-state index in [0.717, 1.165) is 13.0 Å². The first-order valence-electron chi connectivity index (χ1n) is 4.41. The van der Waals surface area contributed by atoms with Gasteiger partial charge in [0.1, 0.15) is 0 Å². The van der Waals surface area contributed by atoms with Crippen molar-refractivity contribution >= 4 is 5.69 Å². The van der Waals surface area contributed by atoms with Gasteiger partial charge in [0.15, 0.2) is 0 Å². The van der Waals surface area contributed by atoms with Crippen molar-refractivity contribution in [2.45, 2.75) is 13.3 Å². The van der Waals surface area contributed by atoms with Crippen molar-refractivity contribution in [2.24, 2.45) is 5.92 Å². The molecule has 1 heteroatoms. The van der Waals surface area contributed by atoms with Crippen LogP contribution in [0.5, 0.6) is 0 Å². The first kappa shape index (κ1) is 9.11. The molecule has 0 saturated heterocycles. The van der Waals surface area contributed by atoms with Crippen LogP contribution >= 0.6 is 0 Å². The molecule has 0 aliphatic heterocycles. The summed E-state index contributed by atoms with van der Waals surface area (Å²) in [4.78, 5) is 0. The predicted octanol–water partition coefficient (Wildman–Crippen LogP) is 2.96. The van der Waals surface area contributed by atoms with Crippen LogP contribution in [0.2, 0.25) is 0 Å². The smallest absolute Gasteiger partial charge is 0.0340 e. The summed E-state index contributed by atoms with van der Waals surface area (Å²) in [6.07, 6.45) is 0.986. The van der Waals surface area contributed by atoms with Gasteiger partial charge < -0.3 is 5.32 Å². The third-order valence-corrected chi connectivity index (χ3v) is 1.92. The Bertz CT molecular complexity index is 206. The molecule has 1 N–H and O–H groups in total. The normalized spacial score (nSPS) is 12.5. The molecule has 0 bridgehead atoms. The van der Waals surface area contributed by atoms with Crippen LogP contribution in [0.25, 0.3) is 0 Å². The fourth-order valence-corrected chi connectivity index (χ4v) is 0.950. The second-order valence-corrected chi connectivity index (χ2v) is 3.14. The molecular formula is C11H16N. The van der Waals surface area contributed by atoms with Crippen LogP contribution in [0, 0.1) is 12.8 Å². The maximum absolute atomic E-state index is 3.86. The van der Waals surface area contributed by atoms with E-state index >= 15 is 0 Å². The zero-order chi connectivity index (χ0) is 8.81. The molecule has 12 heavy (non-hydrogen) atoms. The lowest BCUT2D eigenvalue weighted by atomic mass is 10.1. The summed E-state index contributed by atoms with van der Waals surface area (Å²) in [7, 11) is 0. The molecule has 0 saturated carbocycles. The van der Waals surface area contributed by atoms with Gasteiger partial charge in [-0.05, 0) is 24.5 Å². The van der Waals surface area contributed by atoms with Gasteiger partial charge in [-0.25, -0.2) is 0 Å². The fourth-order valence-electron chi connectivity index (χ4n) is 0.950. The topological polar surface area (TPSA) is 12.0 Å². The monoisotopic (exact) mass is 162 g/mol. The van der Waals surface area contributed by atoms with Crippen LogP contribution in [0.1, 0.15) is 13.3 Å². The van der Waals surface area contributed by atoms with E-state index in [9.17, 15) is 0 Å². The lowest BCUT2D eigenvalue weighted by molar-refractivity contribution is 0.624. The Hall–Kier alpha value is -0.980. The molecule has 0 heterocycles. The minimum atomic E-state index is 0.644. The second-order valence-electron chi connectivity index (χ2n) is 3.14. The summed E-state index contributed by atoms with van der Waals surface area (Å²) >= 11 is 0. The van der Waals surface area contributed by atoms with Gasteiger partial charge in [-0.1, -0.05) is 32.0 Å². The van der Waals surface area contributed by atoms with E-state index in [1.54, 1.807) is 0 Å². The molecule has 0 spiro atoms. The maximum Gasteiger partial charge on any atom is 0.0340 e. The van der Waals surface area contributed by atoms with Gasteiger partial charge >= 0.3 is 0 Å². The standard InChI is InChI=1S/C11H16N/c1-3-10(2)9-12-11-7-5-4-6-8-11/h4-8,10,12H,1,3,9H2,2H3. The fraction of sp³-hybridized carbons (Fsp3) is 0.364. The van der Waals surface area contributed by atoms with Crippen LogP contribution < -0.4 is 5.32 Å². The quantitative estimate of drug-likeness (QED) is 0.717. The molecule has 1 aromatic carbocycles. The van der Waals surface area contributed by atoms with Crippen LogP contribution in [0.4, 0.5) is 5.69 Å². The van der Waals surface area contributed by atoms with Crippen LogP contribution in [-0.2, 0) is 0 Å². The number of nitrogens with one attached hydrogen (secondary N) is 1. The SMILES string of the molecule is [CH2]CC(C)CNc1ccccc1. The van der Waals surface area contributed by atoms with Gasteiger partial charge in [-0.15, -0.1) is 0 Å². The number of hydrogen-bond acceptors (Lipinski definition) is 1. The predicted molar refractivity (Wildman–Crippen MR) is 54.1 cm³/mol. The number of benzene rings is 1. The number of rotatable bonds is 4. The Morgan fingerprint density at radius 1 is 1.33 bits per heavy atom. The van der Waals surface area contributed by atoms with Gasteiger partial charge in [0, 0.05) is 12.2 Å². The molecule has 1 atom stereocenters. The summed E-state index contributed by atoms with van der Waals surface area (Å²) in [6, 6.07) is 10.3. The van der Waals surface area contributed by atoms with Gasteiger partial charge in [-0.3, -0.25) is 0 Å². The summed E-state index contributed by atoms with van der Waals surface area (Å²) in [5, 5.41) is 3.36. The highest BCUT2D eigenvalue weighted by molar-refractivity contribution is 5.42. The lowest BCUT2D eigenvalue weighted by Crippen LogP contribution is -2.09. The summed E-state index contributed by atoms with van der Waals surface area (Å²) in [5.74, 6) is 0.644. The van der Waals surface area contributed by atoms with Crippen molar-refractivity contribution in [2.75, 3.05) is 11.9 Å². The Balaban J connectivity index is 2.33. The van der Waals surface area contributed by atoms with Crippen molar-refractivity contribution in [3.63, 3.8) is 0 Å². The summed E-state index contributed by atoms with van der Waals surface area (Å²) in [6.45, 7) is 7.06. The Kier molecular flexibility index (Phi) is 3.65. The molecule has 1 rings (SSSR count). The third-order valence-electron chi connectivity index (χ3n) is 1.92. The maximum atomic E-state index is 3.86. The molecule has 0 aromatic heterocycles. The van der Waals surface area contributed by atoms with Gasteiger partial charge in [0.05, 0.1) is 0 Å². The molecule has 1 aromatic rings. The van der Waals surface area contributed by atoms with E-state index in [0.29, 0.717) is 5.92 Å². The molecule has 1 nitrogen and oxygen atoms in total. The minimum absolute atomic E-state index is 0.644. The molecule has 0 aliphatic carbocycles. The number of para-hydroxylation sites is 1. The highest BCUT2D eigenvalue weighted by Gasteiger charge is 1.96. The molecule has 1 unspecified atom stereocenters.